The van der Waals surface area contributed by atoms with E-state index in [9.17, 15) is 4.79 Å². The maximum Gasteiger partial charge on any atom is 0.253 e. The molecule has 1 atom stereocenters. The van der Waals surface area contributed by atoms with Gasteiger partial charge in [-0.2, -0.15) is 0 Å². The molecule has 5 nitrogen and oxygen atoms in total. The lowest BCUT2D eigenvalue weighted by atomic mass is 9.93. The smallest absolute Gasteiger partial charge is 0.253 e. The van der Waals surface area contributed by atoms with Crippen LogP contribution in [-0.4, -0.2) is 36.6 Å². The number of para-hydroxylation sites is 1. The van der Waals surface area contributed by atoms with Crippen LogP contribution in [-0.2, 0) is 4.79 Å². The number of allylic oxidation sites excluding steroid dienone is 1. The van der Waals surface area contributed by atoms with Gasteiger partial charge in [-0.25, -0.2) is 0 Å². The van der Waals surface area contributed by atoms with E-state index in [4.69, 9.17) is 17.0 Å². The van der Waals surface area contributed by atoms with Crippen molar-refractivity contribution in [1.82, 2.24) is 10.2 Å². The Kier molecular flexibility index (Phi) is 6.34. The number of ether oxygens (including phenoxy) is 1. The van der Waals surface area contributed by atoms with E-state index in [1.807, 2.05) is 66.4 Å². The second-order valence-corrected chi connectivity index (χ2v) is 7.31. The molecule has 0 unspecified atom stereocenters. The standard InChI is InChI=1S/C23H25N3O2S/c1-5-14-28-19-13-9-10-17(15-19)21-20(22(27)25(3)4)16(2)26(23(29)24-21)18-11-7-6-8-12-18/h5-13,15,21H,1,14H2,2-4H3,(H,24,29)/t21-/m1/s1. The van der Waals surface area contributed by atoms with Crippen LogP contribution in [0.2, 0.25) is 0 Å². The number of anilines is 1. The Bertz CT molecular complexity index is 954. The zero-order chi connectivity index (χ0) is 21.0. The van der Waals surface area contributed by atoms with Crippen LogP contribution in [0.5, 0.6) is 5.75 Å². The molecular weight excluding hydrogens is 382 g/mol. The summed E-state index contributed by atoms with van der Waals surface area (Å²) >= 11 is 5.68. The summed E-state index contributed by atoms with van der Waals surface area (Å²) < 4.78 is 5.67. The van der Waals surface area contributed by atoms with Crippen molar-refractivity contribution in [2.45, 2.75) is 13.0 Å². The van der Waals surface area contributed by atoms with Crippen LogP contribution in [0.25, 0.3) is 0 Å². The summed E-state index contributed by atoms with van der Waals surface area (Å²) in [6, 6.07) is 17.1. The van der Waals surface area contributed by atoms with Crippen molar-refractivity contribution < 1.29 is 9.53 Å². The van der Waals surface area contributed by atoms with Gasteiger partial charge in [0.2, 0.25) is 0 Å². The molecule has 1 amide bonds. The summed E-state index contributed by atoms with van der Waals surface area (Å²) in [5, 5.41) is 3.90. The lowest BCUT2D eigenvalue weighted by molar-refractivity contribution is -0.125. The summed E-state index contributed by atoms with van der Waals surface area (Å²) in [6.07, 6.45) is 1.70. The minimum Gasteiger partial charge on any atom is -0.490 e. The first kappa shape index (κ1) is 20.6. The molecule has 2 aromatic carbocycles. The van der Waals surface area contributed by atoms with Gasteiger partial charge < -0.3 is 15.0 Å². The summed E-state index contributed by atoms with van der Waals surface area (Å²) in [5.41, 5.74) is 3.27. The first-order chi connectivity index (χ1) is 13.9. The van der Waals surface area contributed by atoms with Crippen molar-refractivity contribution in [2.24, 2.45) is 0 Å². The molecule has 1 aliphatic heterocycles. The largest absolute Gasteiger partial charge is 0.490 e. The molecule has 29 heavy (non-hydrogen) atoms. The van der Waals surface area contributed by atoms with E-state index in [2.05, 4.69) is 11.9 Å². The highest BCUT2D eigenvalue weighted by molar-refractivity contribution is 7.80. The highest BCUT2D eigenvalue weighted by Crippen LogP contribution is 2.35. The first-order valence-electron chi connectivity index (χ1n) is 9.35. The molecule has 0 spiro atoms. The Labute approximate surface area is 177 Å². The SMILES string of the molecule is C=CCOc1cccc([C@H]2NC(=S)N(c3ccccc3)C(C)=C2C(=O)N(C)C)c1. The molecule has 0 fully saturated rings. The number of likely N-dealkylation sites (N-methyl/N-ethyl adjacent to an activating group) is 1. The molecular formula is C23H25N3O2S. The topological polar surface area (TPSA) is 44.8 Å². The summed E-state index contributed by atoms with van der Waals surface area (Å²) in [7, 11) is 3.51. The van der Waals surface area contributed by atoms with Crippen LogP contribution >= 0.6 is 12.2 Å². The molecule has 0 saturated carbocycles. The van der Waals surface area contributed by atoms with Crippen molar-refractivity contribution in [3.05, 3.63) is 84.1 Å². The summed E-state index contributed by atoms with van der Waals surface area (Å²) in [4.78, 5) is 16.6. The van der Waals surface area contributed by atoms with Crippen LogP contribution in [0, 0.1) is 0 Å². The van der Waals surface area contributed by atoms with Gasteiger partial charge in [-0.05, 0) is 49.0 Å². The van der Waals surface area contributed by atoms with Gasteiger partial charge in [0, 0.05) is 25.5 Å². The molecule has 6 heteroatoms. The third-order valence-electron chi connectivity index (χ3n) is 4.70. The Hall–Kier alpha value is -3.12. The van der Waals surface area contributed by atoms with Gasteiger partial charge in [0.15, 0.2) is 5.11 Å². The number of hydrogen-bond donors (Lipinski definition) is 1. The number of carbonyl (C=O) groups excluding carboxylic acids is 1. The monoisotopic (exact) mass is 407 g/mol. The Morgan fingerprint density at radius 2 is 1.97 bits per heavy atom. The van der Waals surface area contributed by atoms with E-state index in [0.29, 0.717) is 17.3 Å². The molecule has 0 bridgehead atoms. The average Bonchev–Trinajstić information content (AvgIpc) is 2.72. The normalized spacial score (nSPS) is 16.3. The predicted octanol–water partition coefficient (Wildman–Crippen LogP) is 4.05. The average molecular weight is 408 g/mol. The zero-order valence-corrected chi connectivity index (χ0v) is 17.7. The van der Waals surface area contributed by atoms with Crippen molar-refractivity contribution >= 4 is 28.9 Å². The molecule has 1 aliphatic rings. The number of nitrogens with zero attached hydrogens (tertiary/aromatic N) is 2. The van der Waals surface area contributed by atoms with Gasteiger partial charge >= 0.3 is 0 Å². The number of thiocarbonyl (C=S) groups is 1. The first-order valence-corrected chi connectivity index (χ1v) is 9.76. The number of carbonyl (C=O) groups is 1. The van der Waals surface area contributed by atoms with Gasteiger partial charge in [0.25, 0.3) is 5.91 Å². The molecule has 0 aliphatic carbocycles. The highest BCUT2D eigenvalue weighted by Gasteiger charge is 2.35. The van der Waals surface area contributed by atoms with Crippen LogP contribution in [0.1, 0.15) is 18.5 Å². The van der Waals surface area contributed by atoms with Gasteiger partial charge in [0.05, 0.1) is 11.6 Å². The van der Waals surface area contributed by atoms with E-state index in [1.165, 1.54) is 0 Å². The van der Waals surface area contributed by atoms with Gasteiger partial charge in [-0.3, -0.25) is 9.69 Å². The minimum absolute atomic E-state index is 0.0687. The Balaban J connectivity index is 2.10. The molecule has 0 radical (unpaired) electrons. The lowest BCUT2D eigenvalue weighted by Gasteiger charge is -2.38. The van der Waals surface area contributed by atoms with Gasteiger partial charge in [0.1, 0.15) is 12.4 Å². The van der Waals surface area contributed by atoms with Gasteiger partial charge in [-0.15, -0.1) is 0 Å². The summed E-state index contributed by atoms with van der Waals surface area (Å²) in [6.45, 7) is 6.03. The van der Waals surface area contributed by atoms with Crippen molar-refractivity contribution in [1.29, 1.82) is 0 Å². The fourth-order valence-electron chi connectivity index (χ4n) is 3.34. The maximum absolute atomic E-state index is 13.1. The molecule has 3 rings (SSSR count). The number of nitrogens with one attached hydrogen (secondary N) is 1. The highest BCUT2D eigenvalue weighted by atomic mass is 32.1. The molecule has 1 N–H and O–H groups in total. The quantitative estimate of drug-likeness (QED) is 0.578. The van der Waals surface area contributed by atoms with Crippen LogP contribution in [0.3, 0.4) is 0 Å². The molecule has 150 valence electrons. The van der Waals surface area contributed by atoms with E-state index >= 15 is 0 Å². The lowest BCUT2D eigenvalue weighted by Crippen LogP contribution is -2.49. The predicted molar refractivity (Wildman–Crippen MR) is 121 cm³/mol. The van der Waals surface area contributed by atoms with Crippen molar-refractivity contribution in [2.75, 3.05) is 25.6 Å². The van der Waals surface area contributed by atoms with Crippen LogP contribution in [0.15, 0.2) is 78.5 Å². The molecule has 2 aromatic rings. The van der Waals surface area contributed by atoms with Gasteiger partial charge in [-0.1, -0.05) is 43.0 Å². The zero-order valence-electron chi connectivity index (χ0n) is 16.9. The number of amides is 1. The van der Waals surface area contributed by atoms with Crippen LogP contribution < -0.4 is 15.0 Å². The Morgan fingerprint density at radius 3 is 2.62 bits per heavy atom. The Morgan fingerprint density at radius 1 is 1.24 bits per heavy atom. The molecule has 0 aromatic heterocycles. The van der Waals surface area contributed by atoms with Crippen molar-refractivity contribution in [3.8, 4) is 5.75 Å². The molecule has 0 saturated heterocycles. The van der Waals surface area contributed by atoms with Crippen molar-refractivity contribution in [3.63, 3.8) is 0 Å². The number of rotatable bonds is 6. The number of benzene rings is 2. The fraction of sp³-hybridized carbons (Fsp3) is 0.217. The second kappa shape index (κ2) is 8.92. The van der Waals surface area contributed by atoms with Crippen LogP contribution in [0.4, 0.5) is 5.69 Å². The minimum atomic E-state index is -0.371. The third-order valence-corrected chi connectivity index (χ3v) is 5.00. The summed E-state index contributed by atoms with van der Waals surface area (Å²) in [5.74, 6) is 0.649. The second-order valence-electron chi connectivity index (χ2n) is 6.92. The van der Waals surface area contributed by atoms with E-state index in [1.54, 1.807) is 25.1 Å². The maximum atomic E-state index is 13.1. The molecule has 1 heterocycles. The van der Waals surface area contributed by atoms with E-state index in [0.717, 1.165) is 22.7 Å². The fourth-order valence-corrected chi connectivity index (χ4v) is 3.70. The number of hydrogen-bond acceptors (Lipinski definition) is 3. The van der Waals surface area contributed by atoms with E-state index in [-0.39, 0.29) is 11.9 Å². The van der Waals surface area contributed by atoms with E-state index < -0.39 is 0 Å². The third kappa shape index (κ3) is 4.32.